The van der Waals surface area contributed by atoms with E-state index in [0.29, 0.717) is 55.9 Å². The quantitative estimate of drug-likeness (QED) is 0.334. The van der Waals surface area contributed by atoms with Gasteiger partial charge in [0, 0.05) is 5.56 Å². The molecule has 4 rings (SSSR count). The van der Waals surface area contributed by atoms with E-state index in [2.05, 4.69) is 18.8 Å². The number of esters is 1. The number of aromatic nitrogens is 1. The molecule has 1 aromatic heterocycles. The van der Waals surface area contributed by atoms with Crippen molar-refractivity contribution in [2.75, 3.05) is 20.3 Å². The molecule has 0 amide bonds. The molecule has 1 atom stereocenters. The molecule has 8 nitrogen and oxygen atoms in total. The van der Waals surface area contributed by atoms with Crippen LogP contribution in [-0.4, -0.2) is 37.0 Å². The number of fused-ring (bicyclic) bond motifs is 1. The highest BCUT2D eigenvalue weighted by Gasteiger charge is 2.35. The fourth-order valence-corrected chi connectivity index (χ4v) is 5.50. The second-order valence-electron chi connectivity index (χ2n) is 10.1. The van der Waals surface area contributed by atoms with E-state index in [-0.39, 0.29) is 18.3 Å². The fraction of sp³-hybridized carbons (Fsp3) is 0.387. The van der Waals surface area contributed by atoms with Crippen LogP contribution in [0.15, 0.2) is 63.5 Å². The average Bonchev–Trinajstić information content (AvgIpc) is 3.21. The molecule has 0 spiro atoms. The number of para-hydroxylation sites is 1. The van der Waals surface area contributed by atoms with E-state index in [4.69, 9.17) is 18.9 Å². The third-order valence-electron chi connectivity index (χ3n) is 6.15. The third kappa shape index (κ3) is 6.14. The Morgan fingerprint density at radius 2 is 1.85 bits per heavy atom. The molecule has 0 fully saturated rings. The highest BCUT2D eigenvalue weighted by molar-refractivity contribution is 7.07. The van der Waals surface area contributed by atoms with E-state index in [0.717, 1.165) is 5.56 Å². The number of benzene rings is 2. The van der Waals surface area contributed by atoms with Crippen molar-refractivity contribution in [3.63, 3.8) is 0 Å². The number of carbonyl (C=O) groups is 1. The van der Waals surface area contributed by atoms with Gasteiger partial charge in [-0.1, -0.05) is 49.4 Å². The Bertz CT molecular complexity index is 1600. The molecule has 1 aliphatic heterocycles. The summed E-state index contributed by atoms with van der Waals surface area (Å²) in [5.41, 5.74) is 2.02. The van der Waals surface area contributed by atoms with Crippen LogP contribution in [0.1, 0.15) is 58.7 Å². The molecule has 2 aromatic carbocycles. The predicted molar refractivity (Wildman–Crippen MR) is 156 cm³/mol. The largest absolute Gasteiger partial charge is 0.493 e. The average molecular weight is 565 g/mol. The van der Waals surface area contributed by atoms with Gasteiger partial charge in [0.25, 0.3) is 5.56 Å². The lowest BCUT2D eigenvalue weighted by Gasteiger charge is -2.26. The van der Waals surface area contributed by atoms with Crippen LogP contribution in [0, 0.1) is 5.92 Å². The van der Waals surface area contributed by atoms with Crippen LogP contribution >= 0.6 is 11.3 Å². The van der Waals surface area contributed by atoms with Crippen molar-refractivity contribution in [2.45, 2.75) is 53.7 Å². The van der Waals surface area contributed by atoms with Crippen LogP contribution in [-0.2, 0) is 9.53 Å². The first-order chi connectivity index (χ1) is 19.1. The number of ether oxygens (including phenoxy) is 4. The minimum atomic E-state index is -0.756. The molecule has 9 heteroatoms. The smallest absolute Gasteiger partial charge is 0.338 e. The summed E-state index contributed by atoms with van der Waals surface area (Å²) in [4.78, 5) is 32.4. The zero-order valence-corrected chi connectivity index (χ0v) is 24.8. The summed E-state index contributed by atoms with van der Waals surface area (Å²) in [6.45, 7) is 12.3. The summed E-state index contributed by atoms with van der Waals surface area (Å²) < 4.78 is 25.0. The summed E-state index contributed by atoms with van der Waals surface area (Å²) in [7, 11) is 1.59. The summed E-state index contributed by atoms with van der Waals surface area (Å²) in [6.07, 6.45) is 1.70. The Kier molecular flexibility index (Phi) is 9.14. The summed E-state index contributed by atoms with van der Waals surface area (Å²) in [5, 5.41) is 0. The Morgan fingerprint density at radius 1 is 1.10 bits per heavy atom. The Morgan fingerprint density at radius 3 is 2.52 bits per heavy atom. The molecule has 3 aromatic rings. The van der Waals surface area contributed by atoms with Gasteiger partial charge in [0.05, 0.1) is 42.2 Å². The lowest BCUT2D eigenvalue weighted by Crippen LogP contribution is -2.40. The number of carbonyl (C=O) groups excluding carboxylic acids is 1. The van der Waals surface area contributed by atoms with Gasteiger partial charge >= 0.3 is 5.97 Å². The first kappa shape index (κ1) is 29.1. The van der Waals surface area contributed by atoms with Gasteiger partial charge in [-0.2, -0.15) is 0 Å². The zero-order chi connectivity index (χ0) is 29.0. The van der Waals surface area contributed by atoms with Crippen LogP contribution in [0.5, 0.6) is 17.2 Å². The van der Waals surface area contributed by atoms with Gasteiger partial charge in [0.15, 0.2) is 16.3 Å². The number of rotatable bonds is 10. The molecule has 212 valence electrons. The number of methoxy groups -OCH3 is 1. The van der Waals surface area contributed by atoms with Crippen molar-refractivity contribution in [3.8, 4) is 17.2 Å². The maximum absolute atomic E-state index is 14.0. The summed E-state index contributed by atoms with van der Waals surface area (Å²) >= 11 is 1.27. The summed E-state index contributed by atoms with van der Waals surface area (Å²) in [6, 6.07) is 12.3. The van der Waals surface area contributed by atoms with Crippen molar-refractivity contribution < 1.29 is 23.7 Å². The monoisotopic (exact) mass is 564 g/mol. The molecule has 0 aliphatic carbocycles. The number of thiazole rings is 1. The van der Waals surface area contributed by atoms with E-state index in [1.54, 1.807) is 31.6 Å². The van der Waals surface area contributed by atoms with Gasteiger partial charge in [-0.3, -0.25) is 9.36 Å². The second-order valence-corrected chi connectivity index (χ2v) is 11.1. The molecule has 0 radical (unpaired) electrons. The van der Waals surface area contributed by atoms with Gasteiger partial charge < -0.3 is 18.9 Å². The standard InChI is InChI=1S/C31H36N2O6S/c1-8-37-30(35)27-20(6)32-31-33(28(27)22-11-9-10-12-23(22)39-19(4)5)29(34)26(40-31)16-21-13-14-24(25(15-21)36-7)38-17-18(2)3/h9-16,18-19,28H,8,17H2,1-7H3. The molecule has 0 bridgehead atoms. The Labute approximate surface area is 238 Å². The van der Waals surface area contributed by atoms with E-state index < -0.39 is 12.0 Å². The number of hydrogen-bond acceptors (Lipinski definition) is 8. The second kappa shape index (κ2) is 12.6. The maximum atomic E-state index is 14.0. The number of nitrogens with zero attached hydrogens (tertiary/aromatic N) is 2. The lowest BCUT2D eigenvalue weighted by atomic mass is 9.95. The van der Waals surface area contributed by atoms with E-state index in [1.165, 1.54) is 11.3 Å². The molecule has 0 saturated heterocycles. The van der Waals surface area contributed by atoms with E-state index in [1.807, 2.05) is 56.3 Å². The third-order valence-corrected chi connectivity index (χ3v) is 7.13. The van der Waals surface area contributed by atoms with Crippen molar-refractivity contribution in [1.82, 2.24) is 4.57 Å². The molecule has 1 unspecified atom stereocenters. The van der Waals surface area contributed by atoms with Crippen molar-refractivity contribution >= 4 is 23.4 Å². The molecule has 0 N–H and O–H groups in total. The first-order valence-electron chi connectivity index (χ1n) is 13.4. The minimum Gasteiger partial charge on any atom is -0.493 e. The van der Waals surface area contributed by atoms with Crippen LogP contribution in [0.2, 0.25) is 0 Å². The lowest BCUT2D eigenvalue weighted by molar-refractivity contribution is -0.139. The SMILES string of the molecule is CCOC(=O)C1=C(C)N=c2sc(=Cc3ccc(OCC(C)C)c(OC)c3)c(=O)n2C1c1ccccc1OC(C)C. The molecular weight excluding hydrogens is 528 g/mol. The Hall–Kier alpha value is -3.85. The maximum Gasteiger partial charge on any atom is 0.338 e. The molecular formula is C31H36N2O6S. The van der Waals surface area contributed by atoms with Gasteiger partial charge in [-0.25, -0.2) is 9.79 Å². The van der Waals surface area contributed by atoms with Gasteiger partial charge in [-0.05, 0) is 63.5 Å². The van der Waals surface area contributed by atoms with Crippen LogP contribution in [0.4, 0.5) is 0 Å². The predicted octanol–water partition coefficient (Wildman–Crippen LogP) is 4.63. The minimum absolute atomic E-state index is 0.101. The normalized spacial score (nSPS) is 15.2. The topological polar surface area (TPSA) is 88.4 Å². The number of allylic oxidation sites excluding steroid dienone is 1. The number of hydrogen-bond donors (Lipinski definition) is 0. The highest BCUT2D eigenvalue weighted by Crippen LogP contribution is 2.36. The van der Waals surface area contributed by atoms with E-state index in [9.17, 15) is 9.59 Å². The molecule has 2 heterocycles. The van der Waals surface area contributed by atoms with Gasteiger partial charge in [0.1, 0.15) is 11.8 Å². The van der Waals surface area contributed by atoms with Gasteiger partial charge in [-0.15, -0.1) is 0 Å². The molecule has 0 saturated carbocycles. The molecule has 1 aliphatic rings. The van der Waals surface area contributed by atoms with Crippen LogP contribution in [0.3, 0.4) is 0 Å². The Balaban J connectivity index is 1.88. The van der Waals surface area contributed by atoms with Crippen LogP contribution in [0.25, 0.3) is 6.08 Å². The van der Waals surface area contributed by atoms with Crippen molar-refractivity contribution in [1.29, 1.82) is 0 Å². The van der Waals surface area contributed by atoms with Gasteiger partial charge in [0.2, 0.25) is 0 Å². The van der Waals surface area contributed by atoms with Crippen LogP contribution < -0.4 is 29.1 Å². The van der Waals surface area contributed by atoms with Crippen molar-refractivity contribution in [2.24, 2.45) is 10.9 Å². The van der Waals surface area contributed by atoms with E-state index >= 15 is 0 Å². The fourth-order valence-electron chi connectivity index (χ4n) is 4.45. The first-order valence-corrected chi connectivity index (χ1v) is 14.2. The zero-order valence-electron chi connectivity index (χ0n) is 24.0. The highest BCUT2D eigenvalue weighted by atomic mass is 32.1. The molecule has 40 heavy (non-hydrogen) atoms. The summed E-state index contributed by atoms with van der Waals surface area (Å²) in [5.74, 6) is 1.68. The van der Waals surface area contributed by atoms with Crippen molar-refractivity contribution in [3.05, 3.63) is 84.5 Å².